The zero-order valence-electron chi connectivity index (χ0n) is 17.9. The largest absolute Gasteiger partial charge is 0.360 e. The van der Waals surface area contributed by atoms with Crippen LogP contribution in [0.1, 0.15) is 41.9 Å². The Morgan fingerprint density at radius 3 is 2.77 bits per heavy atom. The van der Waals surface area contributed by atoms with Gasteiger partial charge in [-0.2, -0.15) is 20.5 Å². The fraction of sp³-hybridized carbons (Fsp3) is 0.364. The Bertz CT molecular complexity index is 1160. The number of benzene rings is 1. The van der Waals surface area contributed by atoms with Crippen LogP contribution in [0.4, 0.5) is 5.69 Å². The standard InChI is InChI=1S/C22H25N9/c1-14(2)7-16-8-15(3)21(22-25-28-29-26-22)20(9-16)30-10-17-11-31(27-19(17)13-30)12-18-5-4-6-23-24-18/h4-6,8-9,11,14H,7,10,12-13H2,1-3H3,(H,25,26,28,29). The molecule has 0 bridgehead atoms. The molecule has 0 atom stereocenters. The van der Waals surface area contributed by atoms with Gasteiger partial charge in [0.25, 0.3) is 0 Å². The van der Waals surface area contributed by atoms with Gasteiger partial charge in [-0.25, -0.2) is 0 Å². The highest BCUT2D eigenvalue weighted by Crippen LogP contribution is 2.37. The maximum atomic E-state index is 4.80. The summed E-state index contributed by atoms with van der Waals surface area (Å²) in [6.45, 7) is 8.78. The minimum atomic E-state index is 0.586. The molecule has 1 N–H and O–H groups in total. The molecule has 0 saturated heterocycles. The van der Waals surface area contributed by atoms with E-state index in [0.29, 0.717) is 18.3 Å². The van der Waals surface area contributed by atoms with Crippen LogP contribution in [0.25, 0.3) is 11.4 Å². The molecule has 158 valence electrons. The Morgan fingerprint density at radius 2 is 2.06 bits per heavy atom. The van der Waals surface area contributed by atoms with Crippen molar-refractivity contribution in [1.29, 1.82) is 0 Å². The molecule has 9 nitrogen and oxygen atoms in total. The molecular weight excluding hydrogens is 390 g/mol. The first-order valence-electron chi connectivity index (χ1n) is 10.5. The summed E-state index contributed by atoms with van der Waals surface area (Å²) in [6, 6.07) is 8.38. The lowest BCUT2D eigenvalue weighted by atomic mass is 9.96. The van der Waals surface area contributed by atoms with Crippen molar-refractivity contribution < 1.29 is 0 Å². The average molecular weight is 416 g/mol. The first kappa shape index (κ1) is 19.3. The predicted molar refractivity (Wildman–Crippen MR) is 116 cm³/mol. The first-order valence-corrected chi connectivity index (χ1v) is 10.5. The van der Waals surface area contributed by atoms with Crippen LogP contribution in [0.3, 0.4) is 0 Å². The lowest BCUT2D eigenvalue weighted by molar-refractivity contribution is 0.642. The normalized spacial score (nSPS) is 13.2. The summed E-state index contributed by atoms with van der Waals surface area (Å²) in [5.41, 5.74) is 7.87. The molecule has 5 rings (SSSR count). The molecular formula is C22H25N9. The van der Waals surface area contributed by atoms with Crippen molar-refractivity contribution in [1.82, 2.24) is 40.6 Å². The van der Waals surface area contributed by atoms with Gasteiger partial charge in [0.05, 0.1) is 24.5 Å². The summed E-state index contributed by atoms with van der Waals surface area (Å²) in [6.07, 6.45) is 4.83. The van der Waals surface area contributed by atoms with Gasteiger partial charge in [0.2, 0.25) is 5.82 Å². The molecule has 1 aliphatic heterocycles. The summed E-state index contributed by atoms with van der Waals surface area (Å²) >= 11 is 0. The monoisotopic (exact) mass is 415 g/mol. The van der Waals surface area contributed by atoms with Gasteiger partial charge in [0.15, 0.2) is 0 Å². The molecule has 1 aromatic carbocycles. The average Bonchev–Trinajstić information content (AvgIpc) is 3.44. The quantitative estimate of drug-likeness (QED) is 0.517. The van der Waals surface area contributed by atoms with Gasteiger partial charge >= 0.3 is 0 Å². The third kappa shape index (κ3) is 3.90. The maximum Gasteiger partial charge on any atom is 0.207 e. The number of hydrogen-bond donors (Lipinski definition) is 1. The Hall–Kier alpha value is -3.62. The van der Waals surface area contributed by atoms with Crippen LogP contribution in [0.5, 0.6) is 0 Å². The summed E-state index contributed by atoms with van der Waals surface area (Å²) in [4.78, 5) is 2.35. The Morgan fingerprint density at radius 1 is 1.16 bits per heavy atom. The van der Waals surface area contributed by atoms with Gasteiger partial charge in [-0.1, -0.05) is 19.9 Å². The predicted octanol–water partition coefficient (Wildman–Crippen LogP) is 2.93. The summed E-state index contributed by atoms with van der Waals surface area (Å²) in [7, 11) is 0. The molecule has 0 spiro atoms. The topological polar surface area (TPSA) is 101 Å². The molecule has 31 heavy (non-hydrogen) atoms. The van der Waals surface area contributed by atoms with Crippen molar-refractivity contribution in [2.75, 3.05) is 4.90 Å². The van der Waals surface area contributed by atoms with E-state index in [1.54, 1.807) is 6.20 Å². The number of fused-ring (bicyclic) bond motifs is 1. The molecule has 0 amide bonds. The summed E-state index contributed by atoms with van der Waals surface area (Å²) in [5.74, 6) is 1.21. The Kier molecular flexibility index (Phi) is 4.93. The van der Waals surface area contributed by atoms with Gasteiger partial charge < -0.3 is 4.90 Å². The molecule has 4 aromatic rings. The van der Waals surface area contributed by atoms with E-state index in [4.69, 9.17) is 5.10 Å². The SMILES string of the molecule is Cc1cc(CC(C)C)cc(N2Cc3cn(Cc4cccnn4)nc3C2)c1-c1nn[nH]n1. The molecule has 0 unspecified atom stereocenters. The molecule has 0 fully saturated rings. The smallest absolute Gasteiger partial charge is 0.207 e. The maximum absolute atomic E-state index is 4.80. The van der Waals surface area contributed by atoms with E-state index in [0.717, 1.165) is 47.7 Å². The lowest BCUT2D eigenvalue weighted by Gasteiger charge is -2.23. The van der Waals surface area contributed by atoms with E-state index in [1.807, 2.05) is 16.8 Å². The number of tetrazole rings is 1. The van der Waals surface area contributed by atoms with Crippen LogP contribution in [-0.4, -0.2) is 40.6 Å². The van der Waals surface area contributed by atoms with Crippen molar-refractivity contribution in [3.8, 4) is 11.4 Å². The number of anilines is 1. The van der Waals surface area contributed by atoms with Gasteiger partial charge in [-0.15, -0.1) is 10.2 Å². The van der Waals surface area contributed by atoms with Crippen LogP contribution in [0.15, 0.2) is 36.7 Å². The van der Waals surface area contributed by atoms with Crippen LogP contribution < -0.4 is 4.90 Å². The zero-order valence-corrected chi connectivity index (χ0v) is 17.9. The second kappa shape index (κ2) is 7.90. The van der Waals surface area contributed by atoms with E-state index in [-0.39, 0.29) is 0 Å². The fourth-order valence-electron chi connectivity index (χ4n) is 4.28. The summed E-state index contributed by atoms with van der Waals surface area (Å²) in [5, 5.41) is 27.8. The molecule has 0 aliphatic carbocycles. The van der Waals surface area contributed by atoms with Crippen LogP contribution >= 0.6 is 0 Å². The van der Waals surface area contributed by atoms with Crippen LogP contribution in [0.2, 0.25) is 0 Å². The van der Waals surface area contributed by atoms with E-state index < -0.39 is 0 Å². The van der Waals surface area contributed by atoms with Crippen LogP contribution in [-0.2, 0) is 26.1 Å². The Balaban J connectivity index is 1.45. The number of aromatic nitrogens is 8. The highest BCUT2D eigenvalue weighted by Gasteiger charge is 2.27. The third-order valence-corrected chi connectivity index (χ3v) is 5.51. The van der Waals surface area contributed by atoms with Gasteiger partial charge in [0.1, 0.15) is 0 Å². The fourth-order valence-corrected chi connectivity index (χ4v) is 4.28. The molecule has 4 heterocycles. The minimum Gasteiger partial charge on any atom is -0.360 e. The highest BCUT2D eigenvalue weighted by molar-refractivity contribution is 5.78. The van der Waals surface area contributed by atoms with Crippen LogP contribution in [0, 0.1) is 12.8 Å². The van der Waals surface area contributed by atoms with Gasteiger partial charge in [-0.3, -0.25) is 4.68 Å². The minimum absolute atomic E-state index is 0.586. The number of H-pyrrole nitrogens is 1. The van der Waals surface area contributed by atoms with Crippen molar-refractivity contribution >= 4 is 5.69 Å². The van der Waals surface area contributed by atoms with E-state index in [9.17, 15) is 0 Å². The lowest BCUT2D eigenvalue weighted by Crippen LogP contribution is -2.18. The zero-order chi connectivity index (χ0) is 21.4. The first-order chi connectivity index (χ1) is 15.1. The number of aromatic amines is 1. The molecule has 0 radical (unpaired) electrons. The van der Waals surface area contributed by atoms with E-state index >= 15 is 0 Å². The van der Waals surface area contributed by atoms with Crippen molar-refractivity contribution in [3.05, 3.63) is 64.7 Å². The van der Waals surface area contributed by atoms with Gasteiger partial charge in [-0.05, 0) is 53.8 Å². The van der Waals surface area contributed by atoms with Crippen molar-refractivity contribution in [3.63, 3.8) is 0 Å². The number of nitrogens with zero attached hydrogens (tertiary/aromatic N) is 8. The van der Waals surface area contributed by atoms with Crippen molar-refractivity contribution in [2.45, 2.75) is 46.8 Å². The number of rotatable bonds is 6. The van der Waals surface area contributed by atoms with Crippen molar-refractivity contribution in [2.24, 2.45) is 5.92 Å². The highest BCUT2D eigenvalue weighted by atomic mass is 15.5. The second-order valence-electron chi connectivity index (χ2n) is 8.51. The number of hydrogen-bond acceptors (Lipinski definition) is 7. The number of aryl methyl sites for hydroxylation is 1. The Labute approximate surface area is 180 Å². The molecule has 9 heteroatoms. The summed E-state index contributed by atoms with van der Waals surface area (Å²) < 4.78 is 1.95. The van der Waals surface area contributed by atoms with E-state index in [2.05, 4.69) is 74.8 Å². The molecule has 0 saturated carbocycles. The van der Waals surface area contributed by atoms with Gasteiger partial charge in [0, 0.05) is 35.8 Å². The number of nitrogens with one attached hydrogen (secondary N) is 1. The third-order valence-electron chi connectivity index (χ3n) is 5.51. The second-order valence-corrected chi connectivity index (χ2v) is 8.51. The molecule has 3 aromatic heterocycles. The molecule has 1 aliphatic rings. The van der Waals surface area contributed by atoms with E-state index in [1.165, 1.54) is 11.1 Å².